The van der Waals surface area contributed by atoms with Crippen molar-refractivity contribution in [1.29, 1.82) is 0 Å². The second kappa shape index (κ2) is 3.01. The maximum Gasteiger partial charge on any atom is 0.0739 e. The summed E-state index contributed by atoms with van der Waals surface area (Å²) in [5.41, 5.74) is 6.98. The molecule has 0 spiro atoms. The van der Waals surface area contributed by atoms with Crippen LogP contribution in [0.25, 0.3) is 0 Å². The molecule has 0 saturated carbocycles. The number of hydrogen-bond acceptors (Lipinski definition) is 3. The second-order valence-electron chi connectivity index (χ2n) is 3.14. The number of nitrogens with zero attached hydrogens (tertiary/aromatic N) is 2. The Kier molecular flexibility index (Phi) is 1.85. The van der Waals surface area contributed by atoms with Crippen LogP contribution < -0.4 is 5.43 Å². The van der Waals surface area contributed by atoms with Gasteiger partial charge in [-0.15, -0.1) is 0 Å². The van der Waals surface area contributed by atoms with E-state index in [1.165, 1.54) is 0 Å². The fourth-order valence-corrected chi connectivity index (χ4v) is 1.32. The average Bonchev–Trinajstić information content (AvgIpc) is 2.52. The van der Waals surface area contributed by atoms with Crippen LogP contribution in [0.2, 0.25) is 0 Å². The molecule has 0 unspecified atom stereocenters. The van der Waals surface area contributed by atoms with E-state index < -0.39 is 0 Å². The molecule has 66 valence electrons. The van der Waals surface area contributed by atoms with Gasteiger partial charge >= 0.3 is 0 Å². The standard InChI is InChI=1S/C10H11N3/c1-7-5-9(3-4-11-7)10-6-8(2)12-13-10/h3-5,12H,2,6H2,1H3. The van der Waals surface area contributed by atoms with Crippen molar-refractivity contribution in [3.8, 4) is 0 Å². The van der Waals surface area contributed by atoms with Gasteiger partial charge in [-0.25, -0.2) is 0 Å². The Hall–Kier alpha value is -1.64. The van der Waals surface area contributed by atoms with Crippen LogP contribution in [-0.4, -0.2) is 10.7 Å². The summed E-state index contributed by atoms with van der Waals surface area (Å²) >= 11 is 0. The molecule has 3 nitrogen and oxygen atoms in total. The smallest absolute Gasteiger partial charge is 0.0739 e. The third-order valence-corrected chi connectivity index (χ3v) is 1.96. The third-order valence-electron chi connectivity index (χ3n) is 1.96. The highest BCUT2D eigenvalue weighted by atomic mass is 15.3. The summed E-state index contributed by atoms with van der Waals surface area (Å²) in [6.07, 6.45) is 2.61. The Labute approximate surface area is 77.2 Å². The van der Waals surface area contributed by atoms with Crippen LogP contribution in [0, 0.1) is 6.92 Å². The van der Waals surface area contributed by atoms with Gasteiger partial charge in [0, 0.05) is 29.6 Å². The van der Waals surface area contributed by atoms with E-state index in [1.807, 2.05) is 19.1 Å². The van der Waals surface area contributed by atoms with Gasteiger partial charge in [-0.05, 0) is 19.1 Å². The average molecular weight is 173 g/mol. The van der Waals surface area contributed by atoms with Crippen molar-refractivity contribution in [2.45, 2.75) is 13.3 Å². The molecule has 2 rings (SSSR count). The van der Waals surface area contributed by atoms with Gasteiger partial charge in [-0.3, -0.25) is 10.4 Å². The summed E-state index contributed by atoms with van der Waals surface area (Å²) in [5.74, 6) is 0. The minimum Gasteiger partial charge on any atom is -0.283 e. The van der Waals surface area contributed by atoms with E-state index >= 15 is 0 Å². The van der Waals surface area contributed by atoms with Crippen LogP contribution in [0.5, 0.6) is 0 Å². The van der Waals surface area contributed by atoms with Crippen LogP contribution in [-0.2, 0) is 0 Å². The summed E-state index contributed by atoms with van der Waals surface area (Å²) in [7, 11) is 0. The van der Waals surface area contributed by atoms with E-state index in [-0.39, 0.29) is 0 Å². The van der Waals surface area contributed by atoms with E-state index in [1.54, 1.807) is 6.20 Å². The van der Waals surface area contributed by atoms with Gasteiger partial charge in [-0.1, -0.05) is 6.58 Å². The zero-order valence-corrected chi connectivity index (χ0v) is 7.54. The molecule has 0 aromatic carbocycles. The lowest BCUT2D eigenvalue weighted by Gasteiger charge is -1.98. The minimum absolute atomic E-state index is 0.809. The first-order valence-electron chi connectivity index (χ1n) is 4.19. The highest BCUT2D eigenvalue weighted by Crippen LogP contribution is 2.12. The normalized spacial score (nSPS) is 15.5. The van der Waals surface area contributed by atoms with Gasteiger partial charge < -0.3 is 0 Å². The fraction of sp³-hybridized carbons (Fsp3) is 0.200. The molecule has 0 fully saturated rings. The largest absolute Gasteiger partial charge is 0.283 e. The molecular formula is C10H11N3. The lowest BCUT2D eigenvalue weighted by atomic mass is 10.1. The second-order valence-corrected chi connectivity index (χ2v) is 3.14. The number of rotatable bonds is 1. The summed E-state index contributed by atoms with van der Waals surface area (Å²) in [4.78, 5) is 4.13. The molecule has 1 N–H and O–H groups in total. The number of hydrogen-bond donors (Lipinski definition) is 1. The fourth-order valence-electron chi connectivity index (χ4n) is 1.32. The number of allylic oxidation sites excluding steroid dienone is 1. The molecule has 0 aliphatic carbocycles. The maximum absolute atomic E-state index is 4.17. The van der Waals surface area contributed by atoms with E-state index in [0.717, 1.165) is 29.1 Å². The molecule has 2 heterocycles. The highest BCUT2D eigenvalue weighted by molar-refractivity contribution is 6.02. The van der Waals surface area contributed by atoms with E-state index in [2.05, 4.69) is 22.1 Å². The van der Waals surface area contributed by atoms with E-state index in [9.17, 15) is 0 Å². The van der Waals surface area contributed by atoms with Crippen molar-refractivity contribution in [3.05, 3.63) is 41.9 Å². The molecule has 13 heavy (non-hydrogen) atoms. The van der Waals surface area contributed by atoms with Gasteiger partial charge in [0.05, 0.1) is 5.71 Å². The quantitative estimate of drug-likeness (QED) is 0.700. The monoisotopic (exact) mass is 173 g/mol. The Morgan fingerprint density at radius 2 is 2.38 bits per heavy atom. The van der Waals surface area contributed by atoms with Gasteiger partial charge in [0.15, 0.2) is 0 Å². The maximum atomic E-state index is 4.17. The first kappa shape index (κ1) is 7.98. The van der Waals surface area contributed by atoms with Crippen molar-refractivity contribution in [1.82, 2.24) is 10.4 Å². The molecule has 1 aliphatic heterocycles. The molecule has 1 aromatic heterocycles. The van der Waals surface area contributed by atoms with Crippen molar-refractivity contribution in [2.24, 2.45) is 5.10 Å². The third kappa shape index (κ3) is 1.59. The number of hydrazone groups is 1. The summed E-state index contributed by atoms with van der Waals surface area (Å²) in [5, 5.41) is 4.17. The van der Waals surface area contributed by atoms with E-state index in [4.69, 9.17) is 0 Å². The molecule has 1 aromatic rings. The SMILES string of the molecule is C=C1CC(c2ccnc(C)c2)=NN1. The van der Waals surface area contributed by atoms with Crippen LogP contribution in [0.4, 0.5) is 0 Å². The van der Waals surface area contributed by atoms with Crippen molar-refractivity contribution >= 4 is 5.71 Å². The number of pyridine rings is 1. The Balaban J connectivity index is 2.31. The molecular weight excluding hydrogens is 162 g/mol. The minimum atomic E-state index is 0.809. The highest BCUT2D eigenvalue weighted by Gasteiger charge is 2.11. The van der Waals surface area contributed by atoms with Crippen LogP contribution in [0.15, 0.2) is 35.7 Å². The van der Waals surface area contributed by atoms with Gasteiger partial charge in [0.2, 0.25) is 0 Å². The molecule has 1 aliphatic rings. The van der Waals surface area contributed by atoms with Crippen molar-refractivity contribution in [2.75, 3.05) is 0 Å². The zero-order chi connectivity index (χ0) is 9.26. The van der Waals surface area contributed by atoms with Gasteiger partial charge in [0.25, 0.3) is 0 Å². The molecule has 0 radical (unpaired) electrons. The summed E-state index contributed by atoms with van der Waals surface area (Å²) in [6, 6.07) is 3.99. The lowest BCUT2D eigenvalue weighted by molar-refractivity contribution is 0.931. The van der Waals surface area contributed by atoms with Crippen LogP contribution >= 0.6 is 0 Å². The first-order valence-corrected chi connectivity index (χ1v) is 4.19. The van der Waals surface area contributed by atoms with Crippen molar-refractivity contribution in [3.63, 3.8) is 0 Å². The topological polar surface area (TPSA) is 37.3 Å². The summed E-state index contributed by atoms with van der Waals surface area (Å²) < 4.78 is 0. The summed E-state index contributed by atoms with van der Waals surface area (Å²) in [6.45, 7) is 5.78. The number of nitrogens with one attached hydrogen (secondary N) is 1. The van der Waals surface area contributed by atoms with Crippen molar-refractivity contribution < 1.29 is 0 Å². The molecule has 0 amide bonds. The van der Waals surface area contributed by atoms with Crippen LogP contribution in [0.3, 0.4) is 0 Å². The van der Waals surface area contributed by atoms with Crippen LogP contribution in [0.1, 0.15) is 17.7 Å². The molecule has 0 bridgehead atoms. The Morgan fingerprint density at radius 3 is 3.00 bits per heavy atom. The molecule has 0 saturated heterocycles. The number of aryl methyl sites for hydroxylation is 1. The number of aromatic nitrogens is 1. The molecule has 0 atom stereocenters. The predicted molar refractivity (Wildman–Crippen MR) is 52.4 cm³/mol. The Morgan fingerprint density at radius 1 is 1.54 bits per heavy atom. The van der Waals surface area contributed by atoms with Gasteiger partial charge in [-0.2, -0.15) is 5.10 Å². The first-order chi connectivity index (χ1) is 6.25. The van der Waals surface area contributed by atoms with Gasteiger partial charge in [0.1, 0.15) is 0 Å². The van der Waals surface area contributed by atoms with E-state index in [0.29, 0.717) is 0 Å². The Bertz CT molecular complexity index is 380. The predicted octanol–water partition coefficient (Wildman–Crippen LogP) is 1.60. The lowest BCUT2D eigenvalue weighted by Crippen LogP contribution is -1.97. The zero-order valence-electron chi connectivity index (χ0n) is 7.54. The molecule has 3 heteroatoms.